The van der Waals surface area contributed by atoms with Crippen LogP contribution >= 0.6 is 11.3 Å². The molecule has 0 bridgehead atoms. The molecule has 0 spiro atoms. The molecule has 1 aliphatic heterocycles. The highest BCUT2D eigenvalue weighted by molar-refractivity contribution is 7.91. The second-order valence-electron chi connectivity index (χ2n) is 6.61. The van der Waals surface area contributed by atoms with E-state index >= 15 is 0 Å². The quantitative estimate of drug-likeness (QED) is 0.529. The number of thiophene rings is 1. The highest BCUT2D eigenvalue weighted by atomic mass is 32.2. The van der Waals surface area contributed by atoms with Gasteiger partial charge in [0.2, 0.25) is 0 Å². The van der Waals surface area contributed by atoms with Crippen LogP contribution in [-0.4, -0.2) is 50.3 Å². The average Bonchev–Trinajstić information content (AvgIpc) is 3.22. The molecule has 3 rings (SSSR count). The fraction of sp³-hybridized carbons (Fsp3) is 0.474. The summed E-state index contributed by atoms with van der Waals surface area (Å²) in [4.78, 5) is 9.48. The number of aromatic nitrogens is 1. The molecule has 0 radical (unpaired) electrons. The van der Waals surface area contributed by atoms with E-state index < -0.39 is 10.0 Å². The van der Waals surface area contributed by atoms with Crippen molar-refractivity contribution in [3.63, 3.8) is 0 Å². The van der Waals surface area contributed by atoms with Gasteiger partial charge in [-0.15, -0.1) is 11.3 Å². The molecule has 0 aromatic carbocycles. The first kappa shape index (κ1) is 20.8. The summed E-state index contributed by atoms with van der Waals surface area (Å²) in [5, 5.41) is 6.49. The van der Waals surface area contributed by atoms with Gasteiger partial charge < -0.3 is 10.6 Å². The number of pyridine rings is 1. The lowest BCUT2D eigenvalue weighted by Gasteiger charge is -2.25. The molecule has 0 aliphatic carbocycles. The van der Waals surface area contributed by atoms with E-state index in [0.29, 0.717) is 29.8 Å². The average molecular weight is 422 g/mol. The summed E-state index contributed by atoms with van der Waals surface area (Å²) < 4.78 is 27.5. The molecule has 2 N–H and O–H groups in total. The van der Waals surface area contributed by atoms with Gasteiger partial charge in [0.15, 0.2) is 5.96 Å². The zero-order chi connectivity index (χ0) is 19.8. The van der Waals surface area contributed by atoms with Crippen molar-refractivity contribution in [3.8, 4) is 0 Å². The van der Waals surface area contributed by atoms with Gasteiger partial charge in [0.05, 0.1) is 6.54 Å². The van der Waals surface area contributed by atoms with Gasteiger partial charge in [-0.2, -0.15) is 4.31 Å². The van der Waals surface area contributed by atoms with E-state index in [9.17, 15) is 8.42 Å². The van der Waals surface area contributed by atoms with Crippen LogP contribution < -0.4 is 10.6 Å². The van der Waals surface area contributed by atoms with Crippen molar-refractivity contribution in [1.29, 1.82) is 0 Å². The summed E-state index contributed by atoms with van der Waals surface area (Å²) in [7, 11) is -1.64. The second-order valence-corrected chi connectivity index (χ2v) is 9.94. The Bertz CT molecular complexity index is 875. The molecule has 152 valence electrons. The van der Waals surface area contributed by atoms with Crippen LogP contribution in [0.3, 0.4) is 0 Å². The van der Waals surface area contributed by atoms with Crippen LogP contribution in [0.1, 0.15) is 29.8 Å². The molecule has 1 saturated heterocycles. The maximum Gasteiger partial charge on any atom is 0.252 e. The first-order valence-electron chi connectivity index (χ1n) is 9.53. The van der Waals surface area contributed by atoms with Gasteiger partial charge >= 0.3 is 0 Å². The summed E-state index contributed by atoms with van der Waals surface area (Å²) in [6, 6.07) is 9.45. The number of nitrogens with one attached hydrogen (secondary N) is 2. The molecule has 0 unspecified atom stereocenters. The van der Waals surface area contributed by atoms with Gasteiger partial charge in [-0.05, 0) is 37.1 Å². The predicted molar refractivity (Wildman–Crippen MR) is 113 cm³/mol. The zero-order valence-electron chi connectivity index (χ0n) is 16.1. The van der Waals surface area contributed by atoms with E-state index in [1.54, 1.807) is 23.6 Å². The van der Waals surface area contributed by atoms with Crippen LogP contribution in [0.2, 0.25) is 0 Å². The monoisotopic (exact) mass is 421 g/mol. The molecule has 7 nitrogen and oxygen atoms in total. The summed E-state index contributed by atoms with van der Waals surface area (Å²) in [6.45, 7) is 2.50. The number of sulfonamides is 1. The van der Waals surface area contributed by atoms with E-state index in [1.165, 1.54) is 11.3 Å². The molecule has 2 aromatic rings. The first-order valence-corrected chi connectivity index (χ1v) is 11.8. The van der Waals surface area contributed by atoms with E-state index in [4.69, 9.17) is 0 Å². The van der Waals surface area contributed by atoms with Gasteiger partial charge in [-0.3, -0.25) is 9.98 Å². The van der Waals surface area contributed by atoms with Crippen molar-refractivity contribution in [2.24, 2.45) is 4.99 Å². The summed E-state index contributed by atoms with van der Waals surface area (Å²) >= 11 is 1.32. The fourth-order valence-corrected chi connectivity index (χ4v) is 6.04. The van der Waals surface area contributed by atoms with Crippen LogP contribution in [-0.2, 0) is 23.0 Å². The normalized spacial score (nSPS) is 16.1. The van der Waals surface area contributed by atoms with Crippen molar-refractivity contribution in [2.45, 2.75) is 36.4 Å². The smallest absolute Gasteiger partial charge is 0.252 e. The highest BCUT2D eigenvalue weighted by Crippen LogP contribution is 2.26. The highest BCUT2D eigenvalue weighted by Gasteiger charge is 2.27. The topological polar surface area (TPSA) is 86.7 Å². The number of aliphatic imine (C=N–C) groups is 1. The number of rotatable bonds is 7. The van der Waals surface area contributed by atoms with Gasteiger partial charge in [0, 0.05) is 49.9 Å². The number of piperidine rings is 1. The minimum absolute atomic E-state index is 0.421. The third kappa shape index (κ3) is 5.52. The van der Waals surface area contributed by atoms with Gasteiger partial charge in [0.25, 0.3) is 10.0 Å². The maximum absolute atomic E-state index is 12.7. The molecule has 2 aromatic heterocycles. The molecule has 28 heavy (non-hydrogen) atoms. The number of hydrogen-bond donors (Lipinski definition) is 2. The Kier molecular flexibility index (Phi) is 7.41. The van der Waals surface area contributed by atoms with Crippen LogP contribution in [0, 0.1) is 0 Å². The van der Waals surface area contributed by atoms with E-state index in [0.717, 1.165) is 42.8 Å². The minimum Gasteiger partial charge on any atom is -0.356 e. The number of hydrogen-bond acceptors (Lipinski definition) is 5. The first-order chi connectivity index (χ1) is 13.6. The van der Waals surface area contributed by atoms with Crippen molar-refractivity contribution in [2.75, 3.05) is 26.7 Å². The SMILES string of the molecule is CN=C(NCCc1ccccn1)NCc1ccc(S(=O)(=O)N2CCCCC2)s1. The Labute approximate surface area is 171 Å². The van der Waals surface area contributed by atoms with E-state index in [-0.39, 0.29) is 0 Å². The number of nitrogens with zero attached hydrogens (tertiary/aromatic N) is 3. The lowest BCUT2D eigenvalue weighted by Crippen LogP contribution is -2.37. The summed E-state index contributed by atoms with van der Waals surface area (Å²) in [5.41, 5.74) is 1.02. The maximum atomic E-state index is 12.7. The van der Waals surface area contributed by atoms with Crippen molar-refractivity contribution >= 4 is 27.3 Å². The Morgan fingerprint density at radius 2 is 2.00 bits per heavy atom. The largest absolute Gasteiger partial charge is 0.356 e. The Balaban J connectivity index is 1.50. The predicted octanol–water partition coefficient (Wildman–Crippen LogP) is 2.23. The number of guanidine groups is 1. The molecule has 0 atom stereocenters. The molecule has 1 aliphatic rings. The molecule has 0 amide bonds. The molecular weight excluding hydrogens is 394 g/mol. The zero-order valence-corrected chi connectivity index (χ0v) is 17.7. The van der Waals surface area contributed by atoms with Crippen LogP contribution in [0.5, 0.6) is 0 Å². The Hall–Kier alpha value is -1.97. The third-order valence-electron chi connectivity index (χ3n) is 4.60. The minimum atomic E-state index is -3.36. The van der Waals surface area contributed by atoms with Crippen LogP contribution in [0.4, 0.5) is 0 Å². The van der Waals surface area contributed by atoms with Crippen molar-refractivity contribution in [1.82, 2.24) is 19.9 Å². The second kappa shape index (κ2) is 9.99. The van der Waals surface area contributed by atoms with Crippen molar-refractivity contribution in [3.05, 3.63) is 47.1 Å². The molecule has 0 saturated carbocycles. The molecule has 9 heteroatoms. The fourth-order valence-electron chi connectivity index (χ4n) is 3.07. The lowest BCUT2D eigenvalue weighted by atomic mass is 10.2. The van der Waals surface area contributed by atoms with E-state index in [1.807, 2.05) is 24.3 Å². The van der Waals surface area contributed by atoms with Gasteiger partial charge in [0.1, 0.15) is 4.21 Å². The third-order valence-corrected chi connectivity index (χ3v) is 8.05. The summed E-state index contributed by atoms with van der Waals surface area (Å²) in [5.74, 6) is 0.685. The van der Waals surface area contributed by atoms with E-state index in [2.05, 4.69) is 20.6 Å². The van der Waals surface area contributed by atoms with Crippen LogP contribution in [0.25, 0.3) is 0 Å². The molecule has 1 fully saturated rings. The summed E-state index contributed by atoms with van der Waals surface area (Å²) in [6.07, 6.45) is 5.59. The standard InChI is InChI=1S/C19H27N5O2S2/c1-20-19(22-12-10-16-7-3-4-11-21-16)23-15-17-8-9-18(27-17)28(25,26)24-13-5-2-6-14-24/h3-4,7-9,11H,2,5-6,10,12-15H2,1H3,(H2,20,22,23). The van der Waals surface area contributed by atoms with Gasteiger partial charge in [-0.25, -0.2) is 8.42 Å². The molecule has 3 heterocycles. The van der Waals surface area contributed by atoms with Gasteiger partial charge in [-0.1, -0.05) is 12.5 Å². The molecular formula is C19H27N5O2S2. The Morgan fingerprint density at radius 1 is 1.18 bits per heavy atom. The Morgan fingerprint density at radius 3 is 2.71 bits per heavy atom. The van der Waals surface area contributed by atoms with Crippen LogP contribution in [0.15, 0.2) is 45.7 Å². The van der Waals surface area contributed by atoms with Crippen molar-refractivity contribution < 1.29 is 8.42 Å². The lowest BCUT2D eigenvalue weighted by molar-refractivity contribution is 0.347.